The molecule has 1 heterocycles. The number of hydrogen-bond acceptors (Lipinski definition) is 5. The minimum Gasteiger partial charge on any atom is -0.461 e. The molecule has 5 nitrogen and oxygen atoms in total. The average Bonchev–Trinajstić information content (AvgIpc) is 2.64. The summed E-state index contributed by atoms with van der Waals surface area (Å²) in [6.45, 7) is 6.85. The standard InChI is InChI=1S/C21H33NO4/c1-4-5-6-7-8-9-10-11-15-25-20(23)18-13-12-14-19(22-18)21(24)26-16-17(2)3/h12-14,17H,4-11,15-16H2,1-3H3. The van der Waals surface area contributed by atoms with E-state index < -0.39 is 11.9 Å². The minimum absolute atomic E-state index is 0.132. The molecular formula is C21H33NO4. The van der Waals surface area contributed by atoms with E-state index in [1.165, 1.54) is 44.6 Å². The Labute approximate surface area is 157 Å². The summed E-state index contributed by atoms with van der Waals surface area (Å²) in [5, 5.41) is 0. The highest BCUT2D eigenvalue weighted by molar-refractivity contribution is 5.91. The fourth-order valence-electron chi connectivity index (χ4n) is 2.45. The highest BCUT2D eigenvalue weighted by Gasteiger charge is 2.14. The Morgan fingerprint density at radius 1 is 0.885 bits per heavy atom. The Hall–Kier alpha value is -1.91. The number of rotatable bonds is 13. The van der Waals surface area contributed by atoms with Gasteiger partial charge in [0, 0.05) is 0 Å². The molecular weight excluding hydrogens is 330 g/mol. The molecule has 5 heteroatoms. The molecule has 0 aliphatic carbocycles. The molecule has 0 spiro atoms. The first-order chi connectivity index (χ1) is 12.5. The average molecular weight is 363 g/mol. The topological polar surface area (TPSA) is 65.5 Å². The maximum atomic E-state index is 12.1. The lowest BCUT2D eigenvalue weighted by molar-refractivity contribution is 0.0450. The first kappa shape index (κ1) is 22.1. The van der Waals surface area contributed by atoms with Crippen molar-refractivity contribution in [2.24, 2.45) is 5.92 Å². The van der Waals surface area contributed by atoms with Crippen molar-refractivity contribution >= 4 is 11.9 Å². The lowest BCUT2D eigenvalue weighted by atomic mass is 10.1. The molecule has 0 N–H and O–H groups in total. The minimum atomic E-state index is -0.517. The van der Waals surface area contributed by atoms with Crippen LogP contribution in [-0.4, -0.2) is 30.1 Å². The zero-order valence-electron chi connectivity index (χ0n) is 16.5. The van der Waals surface area contributed by atoms with E-state index >= 15 is 0 Å². The molecule has 1 rings (SSSR count). The van der Waals surface area contributed by atoms with E-state index in [-0.39, 0.29) is 17.3 Å². The molecule has 1 aromatic heterocycles. The van der Waals surface area contributed by atoms with Gasteiger partial charge in [-0.3, -0.25) is 0 Å². The van der Waals surface area contributed by atoms with Crippen LogP contribution in [0.3, 0.4) is 0 Å². The molecule has 0 fully saturated rings. The predicted octanol–water partition coefficient (Wildman–Crippen LogP) is 5.19. The van der Waals surface area contributed by atoms with Crippen molar-refractivity contribution in [2.45, 2.75) is 72.1 Å². The van der Waals surface area contributed by atoms with Gasteiger partial charge in [-0.2, -0.15) is 0 Å². The van der Waals surface area contributed by atoms with E-state index in [0.717, 1.165) is 12.8 Å². The summed E-state index contributed by atoms with van der Waals surface area (Å²) in [7, 11) is 0. The third-order valence-corrected chi connectivity index (χ3v) is 3.95. The van der Waals surface area contributed by atoms with Crippen molar-refractivity contribution in [1.82, 2.24) is 4.98 Å². The Kier molecular flexibility index (Phi) is 11.3. The predicted molar refractivity (Wildman–Crippen MR) is 102 cm³/mol. The molecule has 1 aromatic rings. The number of pyridine rings is 1. The number of ether oxygens (including phenoxy) is 2. The van der Waals surface area contributed by atoms with E-state index in [1.807, 2.05) is 13.8 Å². The summed E-state index contributed by atoms with van der Waals surface area (Å²) in [5.74, 6) is -0.762. The summed E-state index contributed by atoms with van der Waals surface area (Å²) in [5.41, 5.74) is 0.274. The summed E-state index contributed by atoms with van der Waals surface area (Å²) < 4.78 is 10.4. The van der Waals surface area contributed by atoms with Gasteiger partial charge in [-0.15, -0.1) is 0 Å². The van der Waals surface area contributed by atoms with Crippen LogP contribution >= 0.6 is 0 Å². The first-order valence-corrected chi connectivity index (χ1v) is 9.86. The lowest BCUT2D eigenvalue weighted by Gasteiger charge is -2.08. The molecule has 0 aliphatic heterocycles. The number of carbonyl (C=O) groups is 2. The Morgan fingerprint density at radius 3 is 2.00 bits per heavy atom. The largest absolute Gasteiger partial charge is 0.461 e. The highest BCUT2D eigenvalue weighted by Crippen LogP contribution is 2.09. The fraction of sp³-hybridized carbons (Fsp3) is 0.667. The van der Waals surface area contributed by atoms with Gasteiger partial charge < -0.3 is 9.47 Å². The first-order valence-electron chi connectivity index (χ1n) is 9.86. The number of esters is 2. The van der Waals surface area contributed by atoms with Gasteiger partial charge in [0.15, 0.2) is 0 Å². The monoisotopic (exact) mass is 363 g/mol. The molecule has 0 saturated heterocycles. The van der Waals surface area contributed by atoms with Crippen LogP contribution < -0.4 is 0 Å². The molecule has 0 aromatic carbocycles. The molecule has 0 amide bonds. The summed E-state index contributed by atoms with van der Waals surface area (Å²) >= 11 is 0. The van der Waals surface area contributed by atoms with Crippen LogP contribution in [-0.2, 0) is 9.47 Å². The zero-order valence-corrected chi connectivity index (χ0v) is 16.5. The quantitative estimate of drug-likeness (QED) is 0.356. The maximum absolute atomic E-state index is 12.1. The normalized spacial score (nSPS) is 10.8. The van der Waals surface area contributed by atoms with E-state index in [9.17, 15) is 9.59 Å². The van der Waals surface area contributed by atoms with Gasteiger partial charge in [-0.05, 0) is 24.5 Å². The number of nitrogens with zero attached hydrogens (tertiary/aromatic N) is 1. The summed E-state index contributed by atoms with van der Waals surface area (Å²) in [6.07, 6.45) is 9.52. The second kappa shape index (κ2) is 13.3. The number of hydrogen-bond donors (Lipinski definition) is 0. The second-order valence-corrected chi connectivity index (χ2v) is 7.01. The third-order valence-electron chi connectivity index (χ3n) is 3.95. The fourth-order valence-corrected chi connectivity index (χ4v) is 2.45. The highest BCUT2D eigenvalue weighted by atomic mass is 16.5. The van der Waals surface area contributed by atoms with Crippen molar-refractivity contribution in [2.75, 3.05) is 13.2 Å². The lowest BCUT2D eigenvalue weighted by Crippen LogP contribution is -2.15. The number of carbonyl (C=O) groups excluding carboxylic acids is 2. The SMILES string of the molecule is CCCCCCCCCCOC(=O)c1cccc(C(=O)OCC(C)C)n1. The van der Waals surface area contributed by atoms with Gasteiger partial charge in [0.1, 0.15) is 11.4 Å². The van der Waals surface area contributed by atoms with Crippen molar-refractivity contribution in [3.8, 4) is 0 Å². The zero-order chi connectivity index (χ0) is 19.2. The van der Waals surface area contributed by atoms with Crippen LogP contribution in [0.25, 0.3) is 0 Å². The van der Waals surface area contributed by atoms with Gasteiger partial charge in [0.2, 0.25) is 0 Å². The van der Waals surface area contributed by atoms with E-state index in [0.29, 0.717) is 13.2 Å². The molecule has 26 heavy (non-hydrogen) atoms. The van der Waals surface area contributed by atoms with Crippen molar-refractivity contribution in [3.63, 3.8) is 0 Å². The van der Waals surface area contributed by atoms with E-state index in [1.54, 1.807) is 12.1 Å². The van der Waals surface area contributed by atoms with Crippen molar-refractivity contribution < 1.29 is 19.1 Å². The summed E-state index contributed by atoms with van der Waals surface area (Å²) in [4.78, 5) is 28.0. The van der Waals surface area contributed by atoms with Crippen LogP contribution in [0.2, 0.25) is 0 Å². The second-order valence-electron chi connectivity index (χ2n) is 7.01. The van der Waals surface area contributed by atoms with Gasteiger partial charge in [0.25, 0.3) is 0 Å². The third kappa shape index (κ3) is 9.54. The molecule has 0 radical (unpaired) electrons. The van der Waals surface area contributed by atoms with Crippen LogP contribution in [0, 0.1) is 5.92 Å². The molecule has 0 unspecified atom stereocenters. The van der Waals surface area contributed by atoms with Crippen LogP contribution in [0.4, 0.5) is 0 Å². The van der Waals surface area contributed by atoms with E-state index in [2.05, 4.69) is 11.9 Å². The van der Waals surface area contributed by atoms with Crippen LogP contribution in [0.1, 0.15) is 93.1 Å². The van der Waals surface area contributed by atoms with Crippen LogP contribution in [0.15, 0.2) is 18.2 Å². The Balaban J connectivity index is 2.28. The van der Waals surface area contributed by atoms with Gasteiger partial charge in [0.05, 0.1) is 13.2 Å². The Morgan fingerprint density at radius 2 is 1.42 bits per heavy atom. The number of unbranched alkanes of at least 4 members (excludes halogenated alkanes) is 7. The number of aromatic nitrogens is 1. The molecule has 146 valence electrons. The van der Waals surface area contributed by atoms with Gasteiger partial charge in [-0.25, -0.2) is 14.6 Å². The summed E-state index contributed by atoms with van der Waals surface area (Å²) in [6, 6.07) is 4.71. The van der Waals surface area contributed by atoms with Crippen molar-refractivity contribution in [1.29, 1.82) is 0 Å². The van der Waals surface area contributed by atoms with Crippen LogP contribution in [0.5, 0.6) is 0 Å². The molecule has 0 atom stereocenters. The smallest absolute Gasteiger partial charge is 0.356 e. The van der Waals surface area contributed by atoms with Crippen molar-refractivity contribution in [3.05, 3.63) is 29.6 Å². The Bertz CT molecular complexity index is 543. The van der Waals surface area contributed by atoms with Gasteiger partial charge in [-0.1, -0.05) is 71.8 Å². The molecule has 0 saturated carbocycles. The maximum Gasteiger partial charge on any atom is 0.356 e. The van der Waals surface area contributed by atoms with E-state index in [4.69, 9.17) is 9.47 Å². The van der Waals surface area contributed by atoms with Gasteiger partial charge >= 0.3 is 11.9 Å². The molecule has 0 bridgehead atoms. The molecule has 0 aliphatic rings.